The summed E-state index contributed by atoms with van der Waals surface area (Å²) in [5.41, 5.74) is 4.01. The van der Waals surface area contributed by atoms with E-state index in [1.54, 1.807) is 36.4 Å². The predicted molar refractivity (Wildman–Crippen MR) is 136 cm³/mol. The SMILES string of the molecule is C=C(O)c1ccc2c(c1)nc(Nc1ccc(NCCCO)cc1)n2Cc1ccccc1C(C)(F)F. The molecule has 1 heterocycles. The Hall–Kier alpha value is -3.91. The minimum atomic E-state index is -2.98. The van der Waals surface area contributed by atoms with E-state index < -0.39 is 5.92 Å². The average Bonchev–Trinajstić information content (AvgIpc) is 3.16. The summed E-state index contributed by atoms with van der Waals surface area (Å²) in [6.45, 7) is 5.44. The highest BCUT2D eigenvalue weighted by Gasteiger charge is 2.27. The number of imidazole rings is 1. The smallest absolute Gasteiger partial charge is 0.270 e. The number of fused-ring (bicyclic) bond motifs is 1. The summed E-state index contributed by atoms with van der Waals surface area (Å²) in [7, 11) is 0. The molecule has 0 aliphatic rings. The first-order chi connectivity index (χ1) is 16.8. The lowest BCUT2D eigenvalue weighted by Crippen LogP contribution is -2.14. The first-order valence-electron chi connectivity index (χ1n) is 11.3. The number of rotatable bonds is 10. The minimum absolute atomic E-state index is 0.0357. The van der Waals surface area contributed by atoms with E-state index in [0.717, 1.165) is 23.8 Å². The van der Waals surface area contributed by atoms with E-state index >= 15 is 0 Å². The number of aliphatic hydroxyl groups excluding tert-OH is 2. The van der Waals surface area contributed by atoms with Crippen LogP contribution in [0.3, 0.4) is 0 Å². The Morgan fingerprint density at radius 2 is 1.77 bits per heavy atom. The van der Waals surface area contributed by atoms with Gasteiger partial charge in [0, 0.05) is 42.6 Å². The van der Waals surface area contributed by atoms with Crippen molar-refractivity contribution in [2.45, 2.75) is 25.8 Å². The van der Waals surface area contributed by atoms with Crippen LogP contribution >= 0.6 is 0 Å². The van der Waals surface area contributed by atoms with E-state index in [2.05, 4.69) is 17.2 Å². The number of benzene rings is 3. The fourth-order valence-electron chi connectivity index (χ4n) is 3.93. The summed E-state index contributed by atoms with van der Waals surface area (Å²) >= 11 is 0. The van der Waals surface area contributed by atoms with Crippen LogP contribution in [-0.4, -0.2) is 32.9 Å². The van der Waals surface area contributed by atoms with Crippen molar-refractivity contribution in [3.8, 4) is 0 Å². The Morgan fingerprint density at radius 1 is 1.06 bits per heavy atom. The number of hydrogen-bond acceptors (Lipinski definition) is 5. The van der Waals surface area contributed by atoms with Crippen molar-refractivity contribution in [3.05, 3.63) is 90.0 Å². The van der Waals surface area contributed by atoms with Gasteiger partial charge in [-0.3, -0.25) is 0 Å². The molecule has 0 atom stereocenters. The van der Waals surface area contributed by atoms with Crippen molar-refractivity contribution < 1.29 is 19.0 Å². The van der Waals surface area contributed by atoms with E-state index in [-0.39, 0.29) is 24.5 Å². The standard InChI is InChI=1S/C27H28F2N4O2/c1-18(35)19-8-13-25-24(16-19)32-26(31-22-11-9-21(10-12-22)30-14-5-15-34)33(25)17-20-6-3-4-7-23(20)27(2,28)29/h3-4,6-13,16,30,34-35H,1,5,14-15,17H2,2H3,(H,31,32). The van der Waals surface area contributed by atoms with Gasteiger partial charge in [-0.2, -0.15) is 0 Å². The van der Waals surface area contributed by atoms with Gasteiger partial charge in [-0.25, -0.2) is 13.8 Å². The molecule has 0 bridgehead atoms. The zero-order valence-electron chi connectivity index (χ0n) is 19.4. The third-order valence-corrected chi connectivity index (χ3v) is 5.71. The zero-order valence-corrected chi connectivity index (χ0v) is 19.4. The number of nitrogens with zero attached hydrogens (tertiary/aromatic N) is 2. The molecular formula is C27H28F2N4O2. The van der Waals surface area contributed by atoms with Crippen molar-refractivity contribution in [1.82, 2.24) is 9.55 Å². The highest BCUT2D eigenvalue weighted by atomic mass is 19.3. The molecule has 4 N–H and O–H groups in total. The predicted octanol–water partition coefficient (Wildman–Crippen LogP) is 6.26. The van der Waals surface area contributed by atoms with Gasteiger partial charge in [0.2, 0.25) is 5.95 Å². The molecule has 0 saturated heterocycles. The molecule has 4 aromatic rings. The normalized spacial score (nSPS) is 11.5. The van der Waals surface area contributed by atoms with E-state index in [0.29, 0.717) is 35.6 Å². The van der Waals surface area contributed by atoms with Crippen LogP contribution in [0.5, 0.6) is 0 Å². The zero-order chi connectivity index (χ0) is 25.0. The Bertz CT molecular complexity index is 1330. The van der Waals surface area contributed by atoms with Crippen molar-refractivity contribution in [1.29, 1.82) is 0 Å². The van der Waals surface area contributed by atoms with Gasteiger partial charge in [-0.1, -0.05) is 30.8 Å². The molecule has 3 aromatic carbocycles. The number of nitrogens with one attached hydrogen (secondary N) is 2. The summed E-state index contributed by atoms with van der Waals surface area (Å²) in [4.78, 5) is 4.69. The maximum Gasteiger partial charge on any atom is 0.270 e. The molecule has 0 aliphatic heterocycles. The first-order valence-corrected chi connectivity index (χ1v) is 11.3. The molecule has 0 unspecified atom stereocenters. The molecule has 6 nitrogen and oxygen atoms in total. The van der Waals surface area contributed by atoms with Crippen molar-refractivity contribution in [2.24, 2.45) is 0 Å². The molecule has 182 valence electrons. The Balaban J connectivity index is 1.71. The van der Waals surface area contributed by atoms with Crippen molar-refractivity contribution >= 4 is 34.1 Å². The number of halogens is 2. The molecule has 0 saturated carbocycles. The summed E-state index contributed by atoms with van der Waals surface area (Å²) in [6.07, 6.45) is 0.657. The van der Waals surface area contributed by atoms with Gasteiger partial charge in [0.05, 0.1) is 17.6 Å². The van der Waals surface area contributed by atoms with Crippen LogP contribution in [0.25, 0.3) is 16.8 Å². The lowest BCUT2D eigenvalue weighted by Gasteiger charge is -2.18. The average molecular weight is 479 g/mol. The van der Waals surface area contributed by atoms with E-state index in [1.807, 2.05) is 28.8 Å². The van der Waals surface area contributed by atoms with Crippen LogP contribution in [-0.2, 0) is 12.5 Å². The molecule has 35 heavy (non-hydrogen) atoms. The summed E-state index contributed by atoms with van der Waals surface area (Å²) in [5, 5.41) is 25.3. The minimum Gasteiger partial charge on any atom is -0.508 e. The Labute approximate surface area is 202 Å². The second kappa shape index (κ2) is 10.1. The third-order valence-electron chi connectivity index (χ3n) is 5.71. The number of alkyl halides is 2. The summed E-state index contributed by atoms with van der Waals surface area (Å²) in [5.74, 6) is -2.58. The summed E-state index contributed by atoms with van der Waals surface area (Å²) < 4.78 is 30.4. The lowest BCUT2D eigenvalue weighted by atomic mass is 10.0. The fourth-order valence-corrected chi connectivity index (χ4v) is 3.93. The van der Waals surface area contributed by atoms with Gasteiger partial charge in [0.25, 0.3) is 5.92 Å². The maximum absolute atomic E-state index is 14.3. The topological polar surface area (TPSA) is 82.3 Å². The van der Waals surface area contributed by atoms with Crippen molar-refractivity contribution in [2.75, 3.05) is 23.8 Å². The van der Waals surface area contributed by atoms with E-state index in [4.69, 9.17) is 10.1 Å². The molecule has 0 radical (unpaired) electrons. The molecular weight excluding hydrogens is 450 g/mol. The van der Waals surface area contributed by atoms with Gasteiger partial charge in [-0.05, 0) is 54.4 Å². The second-order valence-corrected chi connectivity index (χ2v) is 8.42. The third kappa shape index (κ3) is 5.60. The van der Waals surface area contributed by atoms with Gasteiger partial charge < -0.3 is 25.4 Å². The highest BCUT2D eigenvalue weighted by Crippen LogP contribution is 2.32. The molecule has 4 rings (SSSR count). The van der Waals surface area contributed by atoms with Crippen LogP contribution in [0.15, 0.2) is 73.3 Å². The van der Waals surface area contributed by atoms with Gasteiger partial charge in [-0.15, -0.1) is 0 Å². The largest absolute Gasteiger partial charge is 0.508 e. The van der Waals surface area contributed by atoms with Crippen LogP contribution < -0.4 is 10.6 Å². The highest BCUT2D eigenvalue weighted by molar-refractivity contribution is 5.83. The Morgan fingerprint density at radius 3 is 2.46 bits per heavy atom. The quantitative estimate of drug-likeness (QED) is 0.160. The first kappa shape index (κ1) is 24.2. The van der Waals surface area contributed by atoms with E-state index in [1.165, 1.54) is 6.07 Å². The number of anilines is 3. The fraction of sp³-hybridized carbons (Fsp3) is 0.222. The molecule has 0 aliphatic carbocycles. The lowest BCUT2D eigenvalue weighted by molar-refractivity contribution is 0.0165. The van der Waals surface area contributed by atoms with Gasteiger partial charge >= 0.3 is 0 Å². The molecule has 8 heteroatoms. The second-order valence-electron chi connectivity index (χ2n) is 8.42. The molecule has 0 fully saturated rings. The van der Waals surface area contributed by atoms with Crippen molar-refractivity contribution in [3.63, 3.8) is 0 Å². The van der Waals surface area contributed by atoms with Gasteiger partial charge in [0.15, 0.2) is 0 Å². The summed E-state index contributed by atoms with van der Waals surface area (Å²) in [6, 6.07) is 19.3. The van der Waals surface area contributed by atoms with Crippen LogP contribution in [0, 0.1) is 0 Å². The molecule has 0 amide bonds. The number of aromatic nitrogens is 2. The molecule has 0 spiro atoms. The maximum atomic E-state index is 14.3. The van der Waals surface area contributed by atoms with Crippen LogP contribution in [0.4, 0.5) is 26.1 Å². The van der Waals surface area contributed by atoms with Crippen LogP contribution in [0.2, 0.25) is 0 Å². The Kier molecular flexibility index (Phi) is 7.02. The monoisotopic (exact) mass is 478 g/mol. The number of aliphatic hydroxyl groups is 2. The molecule has 1 aromatic heterocycles. The van der Waals surface area contributed by atoms with Gasteiger partial charge in [0.1, 0.15) is 5.76 Å². The van der Waals surface area contributed by atoms with E-state index in [9.17, 15) is 13.9 Å². The number of hydrogen-bond donors (Lipinski definition) is 4. The van der Waals surface area contributed by atoms with Crippen LogP contribution in [0.1, 0.15) is 30.0 Å².